The summed E-state index contributed by atoms with van der Waals surface area (Å²) in [5.74, 6) is -2.53. The van der Waals surface area contributed by atoms with Gasteiger partial charge in [-0.3, -0.25) is 0 Å². The van der Waals surface area contributed by atoms with Crippen LogP contribution >= 0.6 is 0 Å². The molecule has 0 unspecified atom stereocenters. The SMILES string of the molecule is C#CC(C)(C)c1cccc(C(F)(F)C(F)(F)F)c1. The molecule has 0 saturated carbocycles. The maximum atomic E-state index is 13.2. The van der Waals surface area contributed by atoms with Crippen LogP contribution in [0.1, 0.15) is 25.0 Å². The van der Waals surface area contributed by atoms with Gasteiger partial charge in [0, 0.05) is 5.56 Å². The van der Waals surface area contributed by atoms with Crippen molar-refractivity contribution in [2.45, 2.75) is 31.4 Å². The van der Waals surface area contributed by atoms with Crippen LogP contribution in [0.15, 0.2) is 24.3 Å². The minimum atomic E-state index is -5.62. The highest BCUT2D eigenvalue weighted by Crippen LogP contribution is 2.44. The molecule has 0 nitrogen and oxygen atoms in total. The average molecular weight is 262 g/mol. The van der Waals surface area contributed by atoms with Gasteiger partial charge in [-0.1, -0.05) is 24.1 Å². The fourth-order valence-electron chi connectivity index (χ4n) is 1.35. The van der Waals surface area contributed by atoms with Crippen LogP contribution in [0.4, 0.5) is 22.0 Å². The summed E-state index contributed by atoms with van der Waals surface area (Å²) >= 11 is 0. The molecule has 0 fully saturated rings. The van der Waals surface area contributed by atoms with E-state index in [-0.39, 0.29) is 5.56 Å². The Bertz CT molecular complexity index is 477. The van der Waals surface area contributed by atoms with E-state index in [0.717, 1.165) is 18.2 Å². The molecule has 0 amide bonds. The topological polar surface area (TPSA) is 0 Å². The smallest absolute Gasteiger partial charge is 0.191 e. The van der Waals surface area contributed by atoms with Gasteiger partial charge < -0.3 is 0 Å². The summed E-state index contributed by atoms with van der Waals surface area (Å²) in [4.78, 5) is 0. The van der Waals surface area contributed by atoms with Crippen LogP contribution in [-0.2, 0) is 11.3 Å². The summed E-state index contributed by atoms with van der Waals surface area (Å²) in [5, 5.41) is 0. The molecule has 0 aliphatic rings. The zero-order chi connectivity index (χ0) is 14.2. The number of hydrogen-bond acceptors (Lipinski definition) is 0. The van der Waals surface area contributed by atoms with Crippen LogP contribution in [0.3, 0.4) is 0 Å². The lowest BCUT2D eigenvalue weighted by Gasteiger charge is -2.23. The van der Waals surface area contributed by atoms with Gasteiger partial charge >= 0.3 is 12.1 Å². The second-order valence-corrected chi connectivity index (χ2v) is 4.42. The molecule has 0 heterocycles. The molecule has 1 rings (SSSR count). The number of rotatable bonds is 2. The zero-order valence-electron chi connectivity index (χ0n) is 9.78. The standard InChI is InChI=1S/C13H11F5/c1-4-11(2,3)9-6-5-7-10(8-9)12(14,15)13(16,17)18/h1,5-8H,2-3H3. The minimum Gasteiger partial charge on any atom is -0.191 e. The minimum absolute atomic E-state index is 0.242. The van der Waals surface area contributed by atoms with Crippen LogP contribution in [0, 0.1) is 12.3 Å². The molecule has 0 spiro atoms. The van der Waals surface area contributed by atoms with Crippen molar-refractivity contribution in [1.29, 1.82) is 0 Å². The van der Waals surface area contributed by atoms with Crippen molar-refractivity contribution in [2.75, 3.05) is 0 Å². The monoisotopic (exact) mass is 262 g/mol. The third kappa shape index (κ3) is 2.47. The summed E-state index contributed by atoms with van der Waals surface area (Å²) in [5.41, 5.74) is -1.76. The van der Waals surface area contributed by atoms with E-state index in [1.165, 1.54) is 6.07 Å². The second kappa shape index (κ2) is 4.27. The Hall–Kier alpha value is -1.57. The number of alkyl halides is 5. The molecular formula is C13H11F5. The molecule has 0 atom stereocenters. The van der Waals surface area contributed by atoms with Gasteiger partial charge in [-0.2, -0.15) is 22.0 Å². The first-order valence-electron chi connectivity index (χ1n) is 5.05. The van der Waals surface area contributed by atoms with E-state index in [0.29, 0.717) is 0 Å². The Labute approximate surface area is 102 Å². The van der Waals surface area contributed by atoms with Gasteiger partial charge in [0.2, 0.25) is 0 Å². The molecule has 0 radical (unpaired) electrons. The largest absolute Gasteiger partial charge is 0.458 e. The van der Waals surface area contributed by atoms with E-state index in [9.17, 15) is 22.0 Å². The molecule has 0 aromatic heterocycles. The van der Waals surface area contributed by atoms with Gasteiger partial charge in [0.05, 0.1) is 5.41 Å². The molecule has 1 aromatic rings. The van der Waals surface area contributed by atoms with Crippen molar-refractivity contribution in [3.63, 3.8) is 0 Å². The van der Waals surface area contributed by atoms with Crippen LogP contribution in [0.2, 0.25) is 0 Å². The van der Waals surface area contributed by atoms with Crippen molar-refractivity contribution in [3.8, 4) is 12.3 Å². The molecule has 0 aliphatic heterocycles. The lowest BCUT2D eigenvalue weighted by Crippen LogP contribution is -2.34. The first kappa shape index (κ1) is 14.5. The van der Waals surface area contributed by atoms with E-state index in [1.54, 1.807) is 13.8 Å². The molecule has 98 valence electrons. The normalized spacial score (nSPS) is 13.2. The van der Waals surface area contributed by atoms with Gasteiger partial charge in [-0.15, -0.1) is 6.42 Å². The average Bonchev–Trinajstić information content (AvgIpc) is 2.27. The molecule has 0 N–H and O–H groups in total. The number of hydrogen-bond donors (Lipinski definition) is 0. The summed E-state index contributed by atoms with van der Waals surface area (Å²) in [7, 11) is 0. The van der Waals surface area contributed by atoms with Crippen molar-refractivity contribution in [2.24, 2.45) is 0 Å². The van der Waals surface area contributed by atoms with Crippen molar-refractivity contribution < 1.29 is 22.0 Å². The van der Waals surface area contributed by atoms with Crippen molar-refractivity contribution in [1.82, 2.24) is 0 Å². The summed E-state index contributed by atoms with van der Waals surface area (Å²) in [6.07, 6.45) is -0.396. The molecular weight excluding hydrogens is 251 g/mol. The summed E-state index contributed by atoms with van der Waals surface area (Å²) in [6.45, 7) is 3.13. The van der Waals surface area contributed by atoms with E-state index in [4.69, 9.17) is 6.42 Å². The quantitative estimate of drug-likeness (QED) is 0.552. The van der Waals surface area contributed by atoms with E-state index in [2.05, 4.69) is 5.92 Å². The Balaban J connectivity index is 3.32. The zero-order valence-corrected chi connectivity index (χ0v) is 9.78. The summed E-state index contributed by atoms with van der Waals surface area (Å²) in [6, 6.07) is 4.11. The lowest BCUT2D eigenvalue weighted by atomic mass is 9.84. The fraction of sp³-hybridized carbons (Fsp3) is 0.385. The van der Waals surface area contributed by atoms with E-state index >= 15 is 0 Å². The van der Waals surface area contributed by atoms with Crippen LogP contribution in [-0.4, -0.2) is 6.18 Å². The third-order valence-electron chi connectivity index (χ3n) is 2.66. The highest BCUT2D eigenvalue weighted by atomic mass is 19.4. The molecule has 5 heteroatoms. The van der Waals surface area contributed by atoms with Crippen LogP contribution in [0.5, 0.6) is 0 Å². The van der Waals surface area contributed by atoms with Gasteiger partial charge in [-0.05, 0) is 25.5 Å². The highest BCUT2D eigenvalue weighted by Gasteiger charge is 2.58. The Morgan fingerprint density at radius 3 is 1.94 bits per heavy atom. The van der Waals surface area contributed by atoms with Gasteiger partial charge in [0.1, 0.15) is 0 Å². The van der Waals surface area contributed by atoms with Crippen molar-refractivity contribution >= 4 is 0 Å². The van der Waals surface area contributed by atoms with Crippen LogP contribution < -0.4 is 0 Å². The van der Waals surface area contributed by atoms with Crippen molar-refractivity contribution in [3.05, 3.63) is 35.4 Å². The number of halogens is 5. The fourth-order valence-corrected chi connectivity index (χ4v) is 1.35. The first-order valence-corrected chi connectivity index (χ1v) is 5.05. The Kier molecular flexibility index (Phi) is 3.44. The predicted octanol–water partition coefficient (Wildman–Crippen LogP) is 4.25. The predicted molar refractivity (Wildman–Crippen MR) is 58.3 cm³/mol. The third-order valence-corrected chi connectivity index (χ3v) is 2.66. The molecule has 1 aromatic carbocycles. The maximum Gasteiger partial charge on any atom is 0.458 e. The Morgan fingerprint density at radius 2 is 1.50 bits per heavy atom. The van der Waals surface area contributed by atoms with E-state index < -0.39 is 23.1 Å². The number of benzene rings is 1. The lowest BCUT2D eigenvalue weighted by molar-refractivity contribution is -0.289. The maximum absolute atomic E-state index is 13.2. The molecule has 0 aliphatic carbocycles. The van der Waals surface area contributed by atoms with E-state index in [1.807, 2.05) is 0 Å². The Morgan fingerprint density at radius 1 is 1.00 bits per heavy atom. The second-order valence-electron chi connectivity index (χ2n) is 4.42. The van der Waals surface area contributed by atoms with Gasteiger partial charge in [-0.25, -0.2) is 0 Å². The molecule has 0 saturated heterocycles. The van der Waals surface area contributed by atoms with Gasteiger partial charge in [0.25, 0.3) is 0 Å². The highest BCUT2D eigenvalue weighted by molar-refractivity contribution is 5.37. The molecule has 18 heavy (non-hydrogen) atoms. The number of terminal acetylenes is 1. The summed E-state index contributed by atoms with van der Waals surface area (Å²) < 4.78 is 63.0. The van der Waals surface area contributed by atoms with Crippen LogP contribution in [0.25, 0.3) is 0 Å². The van der Waals surface area contributed by atoms with Gasteiger partial charge in [0.15, 0.2) is 0 Å². The first-order chi connectivity index (χ1) is 8.02. The molecule has 0 bridgehead atoms.